The minimum atomic E-state index is -3.27. The lowest BCUT2D eigenvalue weighted by Crippen LogP contribution is -2.49. The van der Waals surface area contributed by atoms with E-state index in [1.165, 1.54) is 4.90 Å². The fourth-order valence-corrected chi connectivity index (χ4v) is 6.67. The predicted octanol–water partition coefficient (Wildman–Crippen LogP) is 1.58. The molecule has 5 amide bonds. The van der Waals surface area contributed by atoms with Gasteiger partial charge in [0.25, 0.3) is 0 Å². The van der Waals surface area contributed by atoms with Gasteiger partial charge in [0.1, 0.15) is 6.54 Å². The van der Waals surface area contributed by atoms with Gasteiger partial charge in [0.15, 0.2) is 9.84 Å². The third-order valence-electron chi connectivity index (χ3n) is 6.65. The van der Waals surface area contributed by atoms with Crippen molar-refractivity contribution in [1.29, 1.82) is 0 Å². The Hall–Kier alpha value is -2.75. The van der Waals surface area contributed by atoms with Crippen LogP contribution in [0.25, 0.3) is 0 Å². The summed E-state index contributed by atoms with van der Waals surface area (Å²) in [5.41, 5.74) is 0.489. The summed E-state index contributed by atoms with van der Waals surface area (Å²) in [4.78, 5) is 54.7. The molecule has 4 rings (SSSR count). The van der Waals surface area contributed by atoms with E-state index < -0.39 is 46.2 Å². The molecule has 3 fully saturated rings. The molecule has 0 radical (unpaired) electrons. The fourth-order valence-electron chi connectivity index (χ4n) is 4.97. The molecule has 1 aromatic carbocycles. The highest BCUT2D eigenvalue weighted by molar-refractivity contribution is 7.91. The average Bonchev–Trinajstić information content (AvgIpc) is 3.21. The Morgan fingerprint density at radius 3 is 2.34 bits per heavy atom. The third kappa shape index (κ3) is 4.15. The van der Waals surface area contributed by atoms with Gasteiger partial charge < -0.3 is 4.90 Å². The van der Waals surface area contributed by atoms with Gasteiger partial charge in [-0.1, -0.05) is 38.0 Å². The molecule has 0 spiro atoms. The molecule has 0 bridgehead atoms. The van der Waals surface area contributed by atoms with Crippen molar-refractivity contribution in [3.63, 3.8) is 0 Å². The van der Waals surface area contributed by atoms with Gasteiger partial charge >= 0.3 is 17.8 Å². The van der Waals surface area contributed by atoms with Crippen molar-refractivity contribution < 1.29 is 27.6 Å². The lowest BCUT2D eigenvalue weighted by molar-refractivity contribution is -0.145. The monoisotopic (exact) mass is 461 g/mol. The number of amides is 5. The van der Waals surface area contributed by atoms with E-state index in [-0.39, 0.29) is 29.9 Å². The highest BCUT2D eigenvalue weighted by Crippen LogP contribution is 2.31. The van der Waals surface area contributed by atoms with E-state index in [9.17, 15) is 27.6 Å². The molecular weight excluding hydrogens is 434 g/mol. The predicted molar refractivity (Wildman–Crippen MR) is 116 cm³/mol. The Morgan fingerprint density at radius 2 is 1.72 bits per heavy atom. The van der Waals surface area contributed by atoms with Crippen molar-refractivity contribution in [3.8, 4) is 0 Å². The van der Waals surface area contributed by atoms with Crippen LogP contribution in [0, 0.1) is 5.92 Å². The zero-order valence-corrected chi connectivity index (χ0v) is 18.8. The van der Waals surface area contributed by atoms with Crippen molar-refractivity contribution in [3.05, 3.63) is 30.3 Å². The SMILES string of the molecule is C[C@@H]1CCCC[C@H]1N1C(=O)C(=O)N(CC(=O)N(c2ccccc2)[C@H]2CCS(=O)(=O)C2)C1=O. The Morgan fingerprint density at radius 1 is 1.03 bits per heavy atom. The smallest absolute Gasteiger partial charge is 0.307 e. The molecule has 0 N–H and O–H groups in total. The molecule has 2 saturated heterocycles. The van der Waals surface area contributed by atoms with Crippen LogP contribution >= 0.6 is 0 Å². The number of carbonyl (C=O) groups is 4. The van der Waals surface area contributed by atoms with Gasteiger partial charge in [-0.05, 0) is 37.3 Å². The second-order valence-corrected chi connectivity index (χ2v) is 11.1. The molecule has 1 aliphatic carbocycles. The van der Waals surface area contributed by atoms with Crippen molar-refractivity contribution >= 4 is 39.3 Å². The number of benzene rings is 1. The second kappa shape index (κ2) is 8.65. The normalized spacial score (nSPS) is 27.8. The van der Waals surface area contributed by atoms with Crippen molar-refractivity contribution in [2.45, 2.75) is 51.1 Å². The van der Waals surface area contributed by atoms with E-state index >= 15 is 0 Å². The summed E-state index contributed by atoms with van der Waals surface area (Å²) in [6.45, 7) is 1.35. The third-order valence-corrected chi connectivity index (χ3v) is 8.40. The summed E-state index contributed by atoms with van der Waals surface area (Å²) < 4.78 is 24.1. The fraction of sp³-hybridized carbons (Fsp3) is 0.545. The Balaban J connectivity index is 1.57. The standard InChI is InChI=1S/C22H27N3O6S/c1-15-7-5-6-10-18(15)25-21(28)20(27)23(22(25)29)13-19(26)24(16-8-3-2-4-9-16)17-11-12-32(30,31)14-17/h2-4,8-9,15,17-18H,5-7,10-14H2,1H3/t15-,17+,18-/m1/s1. The molecule has 10 heteroatoms. The summed E-state index contributed by atoms with van der Waals surface area (Å²) in [7, 11) is -3.27. The number of hydrogen-bond acceptors (Lipinski definition) is 6. The second-order valence-electron chi connectivity index (χ2n) is 8.83. The molecule has 3 aliphatic rings. The molecule has 1 aromatic rings. The Labute approximate surface area is 187 Å². The summed E-state index contributed by atoms with van der Waals surface area (Å²) in [6.07, 6.45) is 3.67. The number of urea groups is 1. The van der Waals surface area contributed by atoms with Crippen molar-refractivity contribution in [2.75, 3.05) is 23.0 Å². The molecule has 32 heavy (non-hydrogen) atoms. The topological polar surface area (TPSA) is 112 Å². The summed E-state index contributed by atoms with van der Waals surface area (Å²) in [5.74, 6) is -2.61. The van der Waals surface area contributed by atoms with Crippen LogP contribution in [0.3, 0.4) is 0 Å². The van der Waals surface area contributed by atoms with Crippen LogP contribution in [0.2, 0.25) is 0 Å². The van der Waals surface area contributed by atoms with E-state index in [2.05, 4.69) is 0 Å². The minimum Gasteiger partial charge on any atom is -0.307 e. The van der Waals surface area contributed by atoms with E-state index in [4.69, 9.17) is 0 Å². The maximum absolute atomic E-state index is 13.3. The lowest BCUT2D eigenvalue weighted by Gasteiger charge is -2.34. The number of rotatable bonds is 5. The first-order valence-corrected chi connectivity index (χ1v) is 12.8. The maximum atomic E-state index is 13.3. The maximum Gasteiger partial charge on any atom is 0.334 e. The number of hydrogen-bond donors (Lipinski definition) is 0. The molecule has 9 nitrogen and oxygen atoms in total. The average molecular weight is 462 g/mol. The highest BCUT2D eigenvalue weighted by atomic mass is 32.2. The van der Waals surface area contributed by atoms with Gasteiger partial charge in [-0.15, -0.1) is 0 Å². The van der Waals surface area contributed by atoms with Crippen LogP contribution in [0.15, 0.2) is 30.3 Å². The molecule has 2 aliphatic heterocycles. The number of sulfone groups is 1. The molecule has 0 unspecified atom stereocenters. The molecule has 0 aromatic heterocycles. The van der Waals surface area contributed by atoms with E-state index in [0.717, 1.165) is 24.2 Å². The molecule has 172 valence electrons. The molecular formula is C22H27N3O6S. The van der Waals surface area contributed by atoms with Crippen LogP contribution in [0.1, 0.15) is 39.0 Å². The van der Waals surface area contributed by atoms with Gasteiger partial charge in [-0.3, -0.25) is 19.3 Å². The molecule has 1 saturated carbocycles. The number of anilines is 1. The highest BCUT2D eigenvalue weighted by Gasteiger charge is 2.50. The van der Waals surface area contributed by atoms with Gasteiger partial charge in [-0.2, -0.15) is 0 Å². The first-order valence-electron chi connectivity index (χ1n) is 11.0. The molecule has 3 atom stereocenters. The zero-order chi connectivity index (χ0) is 23.0. The van der Waals surface area contributed by atoms with E-state index in [1.54, 1.807) is 30.3 Å². The van der Waals surface area contributed by atoms with Gasteiger partial charge in [0.05, 0.1) is 17.5 Å². The largest absolute Gasteiger partial charge is 0.334 e. The van der Waals surface area contributed by atoms with E-state index in [0.29, 0.717) is 17.0 Å². The van der Waals surface area contributed by atoms with Crippen molar-refractivity contribution in [1.82, 2.24) is 9.80 Å². The Kier molecular flexibility index (Phi) is 6.07. The van der Waals surface area contributed by atoms with Crippen LogP contribution < -0.4 is 4.90 Å². The first kappa shape index (κ1) is 22.4. The van der Waals surface area contributed by atoms with Gasteiger partial charge in [0.2, 0.25) is 5.91 Å². The van der Waals surface area contributed by atoms with Crippen LogP contribution in [-0.2, 0) is 24.2 Å². The summed E-state index contributed by atoms with van der Waals surface area (Å²) >= 11 is 0. The lowest BCUT2D eigenvalue weighted by atomic mass is 9.85. The molecule has 2 heterocycles. The first-order chi connectivity index (χ1) is 15.2. The summed E-state index contributed by atoms with van der Waals surface area (Å²) in [6, 6.07) is 6.87. The number of imide groups is 2. The van der Waals surface area contributed by atoms with Crippen LogP contribution in [0.4, 0.5) is 10.5 Å². The van der Waals surface area contributed by atoms with Crippen LogP contribution in [0.5, 0.6) is 0 Å². The van der Waals surface area contributed by atoms with Gasteiger partial charge in [0, 0.05) is 11.7 Å². The quantitative estimate of drug-likeness (QED) is 0.486. The van der Waals surface area contributed by atoms with E-state index in [1.807, 2.05) is 6.92 Å². The minimum absolute atomic E-state index is 0.0261. The number of nitrogens with zero attached hydrogens (tertiary/aromatic N) is 3. The van der Waals surface area contributed by atoms with Crippen LogP contribution in [-0.4, -0.2) is 72.1 Å². The van der Waals surface area contributed by atoms with Crippen molar-refractivity contribution in [2.24, 2.45) is 5.92 Å². The number of carbonyl (C=O) groups excluding carboxylic acids is 4. The zero-order valence-electron chi connectivity index (χ0n) is 18.0. The number of para-hydroxylation sites is 1. The Bertz CT molecular complexity index is 1040. The van der Waals surface area contributed by atoms with Gasteiger partial charge in [-0.25, -0.2) is 18.1 Å². The summed E-state index contributed by atoms with van der Waals surface area (Å²) in [5, 5.41) is 0.